The second-order valence-electron chi connectivity index (χ2n) is 5.12. The van der Waals surface area contributed by atoms with Crippen molar-refractivity contribution in [2.45, 2.75) is 4.90 Å². The Morgan fingerprint density at radius 3 is 2.20 bits per heavy atom. The van der Waals surface area contributed by atoms with Crippen LogP contribution in [0.4, 0.5) is 17.1 Å². The van der Waals surface area contributed by atoms with Gasteiger partial charge in [-0.2, -0.15) is 8.42 Å². The standard InChI is InChI=1S/C16H11Br2N3O3S/c17-9-5-6-13(12(18)7-9)20-21-14-8-15(25(22,23)24)10-3-1-2-4-11(10)16(14)19/h1-8H,19H2,(H,22,23,24). The molecule has 0 saturated heterocycles. The average Bonchev–Trinajstić information content (AvgIpc) is 2.54. The zero-order valence-corrected chi connectivity index (χ0v) is 16.5. The van der Waals surface area contributed by atoms with Crippen molar-refractivity contribution in [3.63, 3.8) is 0 Å². The minimum absolute atomic E-state index is 0.154. The third-order valence-corrected chi connectivity index (χ3v) is 5.50. The summed E-state index contributed by atoms with van der Waals surface area (Å²) in [6, 6.07) is 13.2. The van der Waals surface area contributed by atoms with E-state index in [0.717, 1.165) is 4.47 Å². The summed E-state index contributed by atoms with van der Waals surface area (Å²) in [4.78, 5) is -0.263. The van der Waals surface area contributed by atoms with Gasteiger partial charge in [-0.1, -0.05) is 40.2 Å². The minimum atomic E-state index is -4.44. The maximum absolute atomic E-state index is 11.7. The molecule has 0 bridgehead atoms. The molecule has 0 aliphatic carbocycles. The quantitative estimate of drug-likeness (QED) is 0.286. The Morgan fingerprint density at radius 2 is 1.56 bits per heavy atom. The molecule has 0 atom stereocenters. The molecule has 0 radical (unpaired) electrons. The van der Waals surface area contributed by atoms with Gasteiger partial charge < -0.3 is 5.73 Å². The maximum atomic E-state index is 11.7. The molecule has 0 saturated carbocycles. The molecule has 0 heterocycles. The van der Waals surface area contributed by atoms with E-state index in [0.29, 0.717) is 20.9 Å². The third-order valence-electron chi connectivity index (χ3n) is 3.48. The predicted octanol–water partition coefficient (Wildman–Crippen LogP) is 5.61. The lowest BCUT2D eigenvalue weighted by molar-refractivity contribution is 0.484. The van der Waals surface area contributed by atoms with Crippen molar-refractivity contribution in [3.05, 3.63) is 57.5 Å². The number of anilines is 1. The van der Waals surface area contributed by atoms with Gasteiger partial charge in [-0.3, -0.25) is 4.55 Å². The highest BCUT2D eigenvalue weighted by molar-refractivity contribution is 9.11. The Morgan fingerprint density at radius 1 is 0.920 bits per heavy atom. The Hall–Kier alpha value is -1.81. The van der Waals surface area contributed by atoms with Gasteiger partial charge in [-0.05, 0) is 40.2 Å². The Labute approximate surface area is 160 Å². The van der Waals surface area contributed by atoms with Gasteiger partial charge in [0.25, 0.3) is 10.1 Å². The van der Waals surface area contributed by atoms with Crippen LogP contribution in [0, 0.1) is 0 Å². The fraction of sp³-hybridized carbons (Fsp3) is 0. The fourth-order valence-corrected chi connectivity index (χ4v) is 4.16. The molecule has 0 amide bonds. The zero-order valence-electron chi connectivity index (χ0n) is 12.5. The van der Waals surface area contributed by atoms with E-state index >= 15 is 0 Å². The molecule has 0 spiro atoms. The van der Waals surface area contributed by atoms with Gasteiger partial charge in [0.2, 0.25) is 0 Å². The van der Waals surface area contributed by atoms with Crippen LogP contribution in [0.15, 0.2) is 72.6 Å². The van der Waals surface area contributed by atoms with Gasteiger partial charge in [0.1, 0.15) is 10.6 Å². The van der Waals surface area contributed by atoms with E-state index < -0.39 is 10.1 Å². The highest BCUT2D eigenvalue weighted by Gasteiger charge is 2.18. The lowest BCUT2D eigenvalue weighted by atomic mass is 10.1. The van der Waals surface area contributed by atoms with Crippen LogP contribution in [0.25, 0.3) is 10.8 Å². The van der Waals surface area contributed by atoms with Gasteiger partial charge in [-0.15, -0.1) is 10.2 Å². The minimum Gasteiger partial charge on any atom is -0.396 e. The molecule has 3 aromatic rings. The summed E-state index contributed by atoms with van der Waals surface area (Å²) >= 11 is 6.72. The lowest BCUT2D eigenvalue weighted by Crippen LogP contribution is -2.01. The second-order valence-corrected chi connectivity index (χ2v) is 8.28. The van der Waals surface area contributed by atoms with Crippen LogP contribution in [0.1, 0.15) is 0 Å². The molecule has 0 aromatic heterocycles. The normalized spacial score (nSPS) is 12.1. The van der Waals surface area contributed by atoms with Crippen molar-refractivity contribution in [2.24, 2.45) is 10.2 Å². The van der Waals surface area contributed by atoms with Crippen LogP contribution < -0.4 is 5.73 Å². The van der Waals surface area contributed by atoms with Crippen LogP contribution in [-0.4, -0.2) is 13.0 Å². The highest BCUT2D eigenvalue weighted by Crippen LogP contribution is 2.37. The molecule has 6 nitrogen and oxygen atoms in total. The van der Waals surface area contributed by atoms with Gasteiger partial charge >= 0.3 is 0 Å². The van der Waals surface area contributed by atoms with Crippen molar-refractivity contribution < 1.29 is 13.0 Å². The van der Waals surface area contributed by atoms with Crippen LogP contribution in [-0.2, 0) is 10.1 Å². The van der Waals surface area contributed by atoms with Gasteiger partial charge in [0.05, 0.1) is 11.4 Å². The largest absolute Gasteiger partial charge is 0.396 e. The predicted molar refractivity (Wildman–Crippen MR) is 104 cm³/mol. The summed E-state index contributed by atoms with van der Waals surface area (Å²) in [6.45, 7) is 0. The van der Waals surface area contributed by atoms with Crippen molar-refractivity contribution in [1.29, 1.82) is 0 Å². The fourth-order valence-electron chi connectivity index (χ4n) is 2.32. The lowest BCUT2D eigenvalue weighted by Gasteiger charge is -2.09. The Kier molecular flexibility index (Phi) is 4.92. The van der Waals surface area contributed by atoms with Crippen molar-refractivity contribution in [2.75, 3.05) is 5.73 Å². The summed E-state index contributed by atoms with van der Waals surface area (Å²) in [5, 5.41) is 8.98. The van der Waals surface area contributed by atoms with Crippen molar-refractivity contribution in [3.8, 4) is 0 Å². The van der Waals surface area contributed by atoms with E-state index in [4.69, 9.17) is 5.73 Å². The van der Waals surface area contributed by atoms with E-state index in [1.54, 1.807) is 36.4 Å². The first kappa shape index (κ1) is 18.0. The third kappa shape index (κ3) is 3.74. The van der Waals surface area contributed by atoms with Gasteiger partial charge in [0.15, 0.2) is 0 Å². The first-order valence-electron chi connectivity index (χ1n) is 6.93. The molecule has 9 heteroatoms. The van der Waals surface area contributed by atoms with Crippen LogP contribution >= 0.6 is 31.9 Å². The summed E-state index contributed by atoms with van der Waals surface area (Å²) in [5.41, 5.74) is 7.09. The number of azo groups is 1. The monoisotopic (exact) mass is 483 g/mol. The number of rotatable bonds is 3. The molecular weight excluding hydrogens is 474 g/mol. The van der Waals surface area contributed by atoms with E-state index in [9.17, 15) is 13.0 Å². The number of nitrogen functional groups attached to an aromatic ring is 1. The number of nitrogens with two attached hydrogens (primary N) is 1. The van der Waals surface area contributed by atoms with Crippen LogP contribution in [0.2, 0.25) is 0 Å². The van der Waals surface area contributed by atoms with Crippen LogP contribution in [0.5, 0.6) is 0 Å². The second kappa shape index (κ2) is 6.83. The van der Waals surface area contributed by atoms with E-state index in [-0.39, 0.29) is 16.3 Å². The number of fused-ring (bicyclic) bond motifs is 1. The summed E-state index contributed by atoms with van der Waals surface area (Å²) in [6.07, 6.45) is 0. The SMILES string of the molecule is Nc1c(N=Nc2ccc(Br)cc2Br)cc(S(=O)(=O)O)c2ccccc12. The summed E-state index contributed by atoms with van der Waals surface area (Å²) in [7, 11) is -4.44. The molecule has 25 heavy (non-hydrogen) atoms. The van der Waals surface area contributed by atoms with E-state index in [1.807, 2.05) is 6.07 Å². The first-order chi connectivity index (χ1) is 11.8. The van der Waals surface area contributed by atoms with Gasteiger partial charge in [-0.25, -0.2) is 0 Å². The van der Waals surface area contributed by atoms with Crippen LogP contribution in [0.3, 0.4) is 0 Å². The van der Waals surface area contributed by atoms with Crippen molar-refractivity contribution >= 4 is 69.8 Å². The average molecular weight is 485 g/mol. The number of hydrogen-bond donors (Lipinski definition) is 2. The molecule has 3 N–H and O–H groups in total. The maximum Gasteiger partial charge on any atom is 0.295 e. The number of nitrogens with zero attached hydrogens (tertiary/aromatic N) is 2. The molecular formula is C16H11Br2N3O3S. The number of halogens is 2. The number of hydrogen-bond acceptors (Lipinski definition) is 5. The molecule has 0 aliphatic rings. The summed E-state index contributed by atoms with van der Waals surface area (Å²) in [5.74, 6) is 0. The Bertz CT molecular complexity index is 1120. The van der Waals surface area contributed by atoms with E-state index in [2.05, 4.69) is 42.1 Å². The Balaban J connectivity index is 2.19. The molecule has 0 fully saturated rings. The first-order valence-corrected chi connectivity index (χ1v) is 9.95. The van der Waals surface area contributed by atoms with Gasteiger partial charge in [0, 0.05) is 19.7 Å². The smallest absolute Gasteiger partial charge is 0.295 e. The highest BCUT2D eigenvalue weighted by atomic mass is 79.9. The molecule has 0 unspecified atom stereocenters. The number of benzene rings is 3. The summed E-state index contributed by atoms with van der Waals surface area (Å²) < 4.78 is 34.5. The molecule has 128 valence electrons. The molecule has 3 aromatic carbocycles. The zero-order chi connectivity index (χ0) is 18.2. The molecule has 0 aliphatic heterocycles. The van der Waals surface area contributed by atoms with E-state index in [1.165, 1.54) is 6.07 Å². The topological polar surface area (TPSA) is 105 Å². The molecule has 3 rings (SSSR count). The van der Waals surface area contributed by atoms with Crippen molar-refractivity contribution in [1.82, 2.24) is 0 Å².